The van der Waals surface area contributed by atoms with Gasteiger partial charge in [0, 0.05) is 33.7 Å². The van der Waals surface area contributed by atoms with Gasteiger partial charge in [-0.2, -0.15) is 0 Å². The summed E-state index contributed by atoms with van der Waals surface area (Å²) in [5.74, 6) is 0. The number of pyridine rings is 2. The summed E-state index contributed by atoms with van der Waals surface area (Å²) < 4.78 is 3.43. The summed E-state index contributed by atoms with van der Waals surface area (Å²) in [7, 11) is 0. The highest BCUT2D eigenvalue weighted by Crippen LogP contribution is 1.85. The Balaban J connectivity index is 0.00000180. The van der Waals surface area contributed by atoms with E-state index in [1.165, 1.54) is 0 Å². The van der Waals surface area contributed by atoms with Crippen molar-refractivity contribution in [3.8, 4) is 0 Å². The molecule has 0 spiro atoms. The van der Waals surface area contributed by atoms with E-state index in [-0.39, 0.29) is 34.0 Å². The number of hydrogen-bond donors (Lipinski definition) is 0. The maximum absolute atomic E-state index is 5.51. The van der Waals surface area contributed by atoms with Gasteiger partial charge in [0.05, 0.1) is 0 Å². The lowest BCUT2D eigenvalue weighted by Crippen LogP contribution is -3.00. The number of unbranched alkanes of at least 4 members (excludes halogenated alkanes) is 1. The zero-order valence-corrected chi connectivity index (χ0v) is 14.2. The van der Waals surface area contributed by atoms with Crippen LogP contribution in [0.3, 0.4) is 0 Å². The van der Waals surface area contributed by atoms with Gasteiger partial charge in [0.25, 0.3) is 0 Å². The van der Waals surface area contributed by atoms with Crippen LogP contribution in [0.2, 0.25) is 0 Å². The van der Waals surface area contributed by atoms with E-state index in [1.807, 2.05) is 61.2 Å². The molecule has 20 heavy (non-hydrogen) atoms. The molecule has 0 fully saturated rings. The number of aromatic nitrogens is 2. The number of nitrogens with zero attached hydrogens (tertiary/aromatic N) is 2. The molecule has 0 aliphatic rings. The molecule has 0 N–H and O–H groups in total. The maximum atomic E-state index is 5.51. The fraction of sp³-hybridized carbons (Fsp3) is 0.286. The first kappa shape index (κ1) is 18.9. The molecule has 0 aliphatic carbocycles. The molecule has 4 nitrogen and oxygen atoms in total. The highest BCUT2D eigenvalue weighted by molar-refractivity contribution is 4.83. The summed E-state index contributed by atoms with van der Waals surface area (Å²) in [6, 6.07) is 11.7. The lowest BCUT2D eigenvalue weighted by Gasteiger charge is -1.99. The second-order valence-electron chi connectivity index (χ2n) is 3.84. The molecule has 2 heterocycles. The average molecular weight is 406 g/mol. The molecule has 0 radical (unpaired) electrons. The number of hydrogen-bond acceptors (Lipinski definition) is 2. The fourth-order valence-electron chi connectivity index (χ4n) is 1.48. The van der Waals surface area contributed by atoms with Gasteiger partial charge in [0.1, 0.15) is 0 Å². The normalized spacial score (nSPS) is 9.00. The molecule has 0 aliphatic heterocycles. The Labute approximate surface area is 140 Å². The van der Waals surface area contributed by atoms with E-state index in [9.17, 15) is 0 Å². The third-order valence-electron chi connectivity index (χ3n) is 2.40. The molecule has 0 amide bonds. The van der Waals surface area contributed by atoms with Crippen LogP contribution in [0.15, 0.2) is 61.2 Å². The smallest absolute Gasteiger partial charge is 0.222 e. The van der Waals surface area contributed by atoms with Crippen LogP contribution in [-0.4, -0.2) is 13.2 Å². The highest BCUT2D eigenvalue weighted by Gasteiger charge is 2.01. The largest absolute Gasteiger partial charge is 1.00 e. The molecular weight excluding hydrogens is 388 g/mol. The van der Waals surface area contributed by atoms with Gasteiger partial charge in [-0.3, -0.25) is 9.68 Å². The third-order valence-corrected chi connectivity index (χ3v) is 2.40. The summed E-state index contributed by atoms with van der Waals surface area (Å²) in [4.78, 5) is 11.0. The zero-order chi connectivity index (χ0) is 12.5. The van der Waals surface area contributed by atoms with Crippen LogP contribution in [-0.2, 0) is 0 Å². The molecule has 2 rings (SSSR count). The van der Waals surface area contributed by atoms with E-state index in [4.69, 9.17) is 9.68 Å². The summed E-state index contributed by atoms with van der Waals surface area (Å²) in [6.45, 7) is 1.38. The summed E-state index contributed by atoms with van der Waals surface area (Å²) in [5, 5.41) is 0. The van der Waals surface area contributed by atoms with Crippen LogP contribution < -0.4 is 53.1 Å². The van der Waals surface area contributed by atoms with Crippen molar-refractivity contribution >= 4 is 0 Å². The monoisotopic (exact) mass is 404 g/mol. The summed E-state index contributed by atoms with van der Waals surface area (Å²) in [5.41, 5.74) is 0. The molecule has 0 aromatic carbocycles. The lowest BCUT2D eigenvalue weighted by molar-refractivity contribution is -0.893. The van der Waals surface area contributed by atoms with Crippen LogP contribution in [0.1, 0.15) is 12.8 Å². The van der Waals surface area contributed by atoms with Gasteiger partial charge in [-0.15, -0.1) is 0 Å². The fourth-order valence-corrected chi connectivity index (χ4v) is 1.48. The molecule has 2 aromatic rings. The van der Waals surface area contributed by atoms with Gasteiger partial charge >= 0.3 is 0 Å². The van der Waals surface area contributed by atoms with E-state index in [1.54, 1.807) is 9.46 Å². The van der Waals surface area contributed by atoms with Crippen molar-refractivity contribution in [2.75, 3.05) is 13.2 Å². The van der Waals surface area contributed by atoms with Gasteiger partial charge in [0.15, 0.2) is 13.2 Å². The lowest BCUT2D eigenvalue weighted by atomic mass is 10.3. The first-order valence-electron chi connectivity index (χ1n) is 6.14. The van der Waals surface area contributed by atoms with Crippen LogP contribution in [0.5, 0.6) is 0 Å². The van der Waals surface area contributed by atoms with Crippen molar-refractivity contribution in [2.24, 2.45) is 0 Å². The van der Waals surface area contributed by atoms with Gasteiger partial charge < -0.3 is 34.0 Å². The molecule has 2 aromatic heterocycles. The van der Waals surface area contributed by atoms with Gasteiger partial charge in [-0.05, 0) is 12.8 Å². The highest BCUT2D eigenvalue weighted by atomic mass is 79.9. The second-order valence-corrected chi connectivity index (χ2v) is 3.84. The summed E-state index contributed by atoms with van der Waals surface area (Å²) in [6.07, 6.45) is 9.48. The Morgan fingerprint density at radius 3 is 1.25 bits per heavy atom. The molecule has 0 saturated carbocycles. The minimum absolute atomic E-state index is 0. The van der Waals surface area contributed by atoms with Crippen LogP contribution in [0, 0.1) is 0 Å². The van der Waals surface area contributed by atoms with Crippen molar-refractivity contribution in [1.82, 2.24) is 0 Å². The molecule has 6 heteroatoms. The molecule has 0 atom stereocenters. The topological polar surface area (TPSA) is 26.2 Å². The minimum Gasteiger partial charge on any atom is -1.00 e. The summed E-state index contributed by atoms with van der Waals surface area (Å²) >= 11 is 0. The van der Waals surface area contributed by atoms with Crippen molar-refractivity contribution < 1.29 is 53.1 Å². The predicted octanol–water partition coefficient (Wildman–Crippen LogP) is -5.39. The van der Waals surface area contributed by atoms with Crippen molar-refractivity contribution in [1.29, 1.82) is 0 Å². The van der Waals surface area contributed by atoms with Gasteiger partial charge in [0.2, 0.25) is 24.8 Å². The Bertz CT molecular complexity index is 400. The van der Waals surface area contributed by atoms with E-state index in [2.05, 4.69) is 0 Å². The molecular formula is C14H18Br2N2O2. The van der Waals surface area contributed by atoms with Crippen molar-refractivity contribution in [3.63, 3.8) is 0 Å². The standard InChI is InChI=1S/C14H18N2O2.2BrH/c1-3-9-15(10-4-1)17-13-7-8-14-18-16-11-5-2-6-12-16;;/h1-6,9-12H,7-8,13-14H2;2*1H/q+2;;/p-2. The average Bonchev–Trinajstić information content (AvgIpc) is 2.45. The first-order valence-corrected chi connectivity index (χ1v) is 6.14. The quantitative estimate of drug-likeness (QED) is 0.339. The zero-order valence-electron chi connectivity index (χ0n) is 11.1. The Morgan fingerprint density at radius 1 is 0.550 bits per heavy atom. The minimum atomic E-state index is 0. The first-order chi connectivity index (χ1) is 8.95. The Kier molecular flexibility index (Phi) is 11.0. The molecule has 110 valence electrons. The maximum Gasteiger partial charge on any atom is 0.222 e. The molecule has 0 saturated heterocycles. The van der Waals surface area contributed by atoms with E-state index >= 15 is 0 Å². The van der Waals surface area contributed by atoms with E-state index < -0.39 is 0 Å². The van der Waals surface area contributed by atoms with Gasteiger partial charge in [-0.25, -0.2) is 0 Å². The SMILES string of the molecule is [Br-].[Br-].c1cc[n+](OCCCCO[n+]2ccccc2)cc1. The predicted molar refractivity (Wildman–Crippen MR) is 65.4 cm³/mol. The van der Waals surface area contributed by atoms with Crippen LogP contribution >= 0.6 is 0 Å². The van der Waals surface area contributed by atoms with Crippen molar-refractivity contribution in [3.05, 3.63) is 61.2 Å². The Morgan fingerprint density at radius 2 is 0.900 bits per heavy atom. The van der Waals surface area contributed by atoms with Crippen LogP contribution in [0.4, 0.5) is 0 Å². The van der Waals surface area contributed by atoms with Crippen molar-refractivity contribution in [2.45, 2.75) is 12.8 Å². The third kappa shape index (κ3) is 7.45. The molecule has 0 bridgehead atoms. The number of halogens is 2. The van der Waals surface area contributed by atoms with E-state index in [0.717, 1.165) is 12.8 Å². The van der Waals surface area contributed by atoms with E-state index in [0.29, 0.717) is 13.2 Å². The Hall–Kier alpha value is -1.14. The number of rotatable bonds is 7. The second kappa shape index (κ2) is 11.7. The molecule has 0 unspecified atom stereocenters. The van der Waals surface area contributed by atoms with Crippen LogP contribution in [0.25, 0.3) is 0 Å². The van der Waals surface area contributed by atoms with Gasteiger partial charge in [-0.1, -0.05) is 12.1 Å².